The summed E-state index contributed by atoms with van der Waals surface area (Å²) >= 11 is 0. The van der Waals surface area contributed by atoms with Crippen LogP contribution in [0.4, 0.5) is 0 Å². The molecule has 0 radical (unpaired) electrons. The van der Waals surface area contributed by atoms with Crippen LogP contribution in [0.5, 0.6) is 11.5 Å². The number of esters is 1. The predicted octanol–water partition coefficient (Wildman–Crippen LogP) is 3.99. The van der Waals surface area contributed by atoms with Crippen LogP contribution < -0.4 is 9.47 Å². The van der Waals surface area contributed by atoms with E-state index in [-0.39, 0.29) is 31.0 Å². The summed E-state index contributed by atoms with van der Waals surface area (Å²) in [5.41, 5.74) is 3.03. The van der Waals surface area contributed by atoms with Crippen molar-refractivity contribution in [1.29, 1.82) is 0 Å². The molecule has 2 aromatic rings. The molecule has 1 aliphatic heterocycles. The van der Waals surface area contributed by atoms with Crippen molar-refractivity contribution >= 4 is 17.5 Å². The van der Waals surface area contributed by atoms with Crippen LogP contribution >= 0.6 is 0 Å². The van der Waals surface area contributed by atoms with Crippen molar-refractivity contribution < 1.29 is 28.6 Å². The van der Waals surface area contributed by atoms with Gasteiger partial charge >= 0.3 is 5.97 Å². The van der Waals surface area contributed by atoms with Crippen molar-refractivity contribution in [3.63, 3.8) is 0 Å². The summed E-state index contributed by atoms with van der Waals surface area (Å²) in [5, 5.41) is 0. The molecule has 0 bridgehead atoms. The van der Waals surface area contributed by atoms with Crippen molar-refractivity contribution in [2.24, 2.45) is 0 Å². The van der Waals surface area contributed by atoms with Gasteiger partial charge in [0.05, 0.1) is 19.6 Å². The normalized spacial score (nSPS) is 15.3. The number of carbonyl (C=O) groups excluding carboxylic acids is 3. The van der Waals surface area contributed by atoms with Crippen molar-refractivity contribution in [1.82, 2.24) is 4.57 Å². The summed E-state index contributed by atoms with van der Waals surface area (Å²) in [6.45, 7) is 4.71. The van der Waals surface area contributed by atoms with E-state index in [1.165, 1.54) is 0 Å². The summed E-state index contributed by atoms with van der Waals surface area (Å²) in [6.07, 6.45) is 2.98. The molecule has 2 heterocycles. The molecule has 1 aromatic carbocycles. The zero-order valence-electron chi connectivity index (χ0n) is 17.9. The van der Waals surface area contributed by atoms with E-state index in [0.29, 0.717) is 41.9 Å². The number of aromatic nitrogens is 1. The smallest absolute Gasteiger partial charge is 0.306 e. The average molecular weight is 425 g/mol. The minimum Gasteiger partial charge on any atom is -0.490 e. The molecule has 4 rings (SSSR count). The standard InChI is InChI=1S/C24H27NO6/c1-15-12-19(16(2)25(15)18-5-6-18)21(27)14-31-24(28)9-7-20(26)17-4-8-22-23(13-17)30-11-3-10-29-22/h4,8,12-13,18H,3,5-7,9-11,14H2,1-2H3. The Hall–Kier alpha value is -3.09. The summed E-state index contributed by atoms with van der Waals surface area (Å²) in [6, 6.07) is 7.37. The average Bonchev–Trinajstić information content (AvgIpc) is 3.57. The number of ketones is 2. The largest absolute Gasteiger partial charge is 0.490 e. The molecule has 1 aromatic heterocycles. The number of hydrogen-bond donors (Lipinski definition) is 0. The van der Waals surface area contributed by atoms with Crippen LogP contribution in [-0.2, 0) is 9.53 Å². The minimum atomic E-state index is -0.563. The third-order valence-corrected chi connectivity index (χ3v) is 5.69. The molecule has 7 nitrogen and oxygen atoms in total. The first-order chi connectivity index (χ1) is 14.9. The number of benzene rings is 1. The molecule has 2 aliphatic rings. The fourth-order valence-corrected chi connectivity index (χ4v) is 3.95. The van der Waals surface area contributed by atoms with Crippen LogP contribution in [0, 0.1) is 13.8 Å². The van der Waals surface area contributed by atoms with E-state index in [4.69, 9.17) is 14.2 Å². The van der Waals surface area contributed by atoms with E-state index in [0.717, 1.165) is 30.7 Å². The summed E-state index contributed by atoms with van der Waals surface area (Å²) in [4.78, 5) is 37.1. The van der Waals surface area contributed by atoms with Gasteiger partial charge in [0, 0.05) is 41.4 Å². The van der Waals surface area contributed by atoms with Gasteiger partial charge in [0.25, 0.3) is 0 Å². The number of aryl methyl sites for hydroxylation is 1. The van der Waals surface area contributed by atoms with Gasteiger partial charge in [-0.3, -0.25) is 14.4 Å². The Bertz CT molecular complexity index is 1020. The first kappa shape index (κ1) is 21.2. The summed E-state index contributed by atoms with van der Waals surface area (Å²) in [7, 11) is 0. The molecule has 164 valence electrons. The van der Waals surface area contributed by atoms with Crippen LogP contribution in [-0.4, -0.2) is 41.9 Å². The van der Waals surface area contributed by atoms with Crippen molar-refractivity contribution in [3.8, 4) is 11.5 Å². The van der Waals surface area contributed by atoms with Gasteiger partial charge in [-0.15, -0.1) is 0 Å². The Balaban J connectivity index is 1.28. The lowest BCUT2D eigenvalue weighted by Crippen LogP contribution is -2.15. The molecule has 0 spiro atoms. The topological polar surface area (TPSA) is 83.8 Å². The number of nitrogens with zero attached hydrogens (tertiary/aromatic N) is 1. The Morgan fingerprint density at radius 3 is 2.48 bits per heavy atom. The highest BCUT2D eigenvalue weighted by atomic mass is 16.5. The quantitative estimate of drug-likeness (QED) is 0.470. The van der Waals surface area contributed by atoms with Crippen molar-refractivity contribution in [3.05, 3.63) is 46.8 Å². The fourth-order valence-electron chi connectivity index (χ4n) is 3.95. The second kappa shape index (κ2) is 8.96. The molecular formula is C24H27NO6. The van der Waals surface area contributed by atoms with Crippen LogP contribution in [0.25, 0.3) is 0 Å². The van der Waals surface area contributed by atoms with Gasteiger partial charge in [0.1, 0.15) is 0 Å². The van der Waals surface area contributed by atoms with Crippen LogP contribution in [0.2, 0.25) is 0 Å². The minimum absolute atomic E-state index is 0.00284. The zero-order chi connectivity index (χ0) is 22.0. The van der Waals surface area contributed by atoms with Crippen molar-refractivity contribution in [2.75, 3.05) is 19.8 Å². The lowest BCUT2D eigenvalue weighted by molar-refractivity contribution is -0.142. The number of Topliss-reactive ketones (excluding diaryl/α,β-unsaturated/α-hetero) is 2. The van der Waals surface area contributed by atoms with Gasteiger partial charge in [-0.25, -0.2) is 0 Å². The van der Waals surface area contributed by atoms with E-state index in [1.54, 1.807) is 18.2 Å². The fraction of sp³-hybridized carbons (Fsp3) is 0.458. The highest BCUT2D eigenvalue weighted by Gasteiger charge is 2.28. The van der Waals surface area contributed by atoms with E-state index in [2.05, 4.69) is 4.57 Å². The zero-order valence-corrected chi connectivity index (χ0v) is 17.9. The van der Waals surface area contributed by atoms with Crippen LogP contribution in [0.15, 0.2) is 24.3 Å². The summed E-state index contributed by atoms with van der Waals surface area (Å²) < 4.78 is 18.5. The molecule has 0 unspecified atom stereocenters. The lowest BCUT2D eigenvalue weighted by Gasteiger charge is -2.09. The number of hydrogen-bond acceptors (Lipinski definition) is 6. The maximum atomic E-state index is 12.5. The van der Waals surface area contributed by atoms with Gasteiger partial charge in [0.15, 0.2) is 23.9 Å². The highest BCUT2D eigenvalue weighted by Crippen LogP contribution is 2.38. The van der Waals surface area contributed by atoms with Gasteiger partial charge in [0.2, 0.25) is 5.78 Å². The Morgan fingerprint density at radius 2 is 1.74 bits per heavy atom. The molecule has 0 atom stereocenters. The third kappa shape index (κ3) is 4.81. The van der Waals surface area contributed by atoms with Crippen LogP contribution in [0.3, 0.4) is 0 Å². The molecule has 7 heteroatoms. The third-order valence-electron chi connectivity index (χ3n) is 5.69. The maximum Gasteiger partial charge on any atom is 0.306 e. The predicted molar refractivity (Wildman–Crippen MR) is 113 cm³/mol. The SMILES string of the molecule is Cc1cc(C(=O)COC(=O)CCC(=O)c2ccc3c(c2)OCCCO3)c(C)n1C1CC1. The molecule has 1 aliphatic carbocycles. The maximum absolute atomic E-state index is 12.5. The van der Waals surface area contributed by atoms with Gasteiger partial charge in [-0.2, -0.15) is 0 Å². The first-order valence-electron chi connectivity index (χ1n) is 10.7. The van der Waals surface area contributed by atoms with E-state index in [9.17, 15) is 14.4 Å². The van der Waals surface area contributed by atoms with E-state index < -0.39 is 5.97 Å². The monoisotopic (exact) mass is 425 g/mol. The van der Waals surface area contributed by atoms with Gasteiger partial charge < -0.3 is 18.8 Å². The van der Waals surface area contributed by atoms with E-state index in [1.807, 2.05) is 19.9 Å². The summed E-state index contributed by atoms with van der Waals surface area (Å²) in [5.74, 6) is 0.190. The second-order valence-electron chi connectivity index (χ2n) is 8.11. The number of ether oxygens (including phenoxy) is 3. The van der Waals surface area contributed by atoms with E-state index >= 15 is 0 Å². The molecule has 31 heavy (non-hydrogen) atoms. The Labute approximate surface area is 181 Å². The molecule has 1 fully saturated rings. The highest BCUT2D eigenvalue weighted by molar-refractivity contribution is 6.00. The second-order valence-corrected chi connectivity index (χ2v) is 8.11. The Morgan fingerprint density at radius 1 is 1.00 bits per heavy atom. The lowest BCUT2D eigenvalue weighted by atomic mass is 10.1. The Kier molecular flexibility index (Phi) is 6.11. The molecule has 0 saturated heterocycles. The van der Waals surface area contributed by atoms with Gasteiger partial charge in [-0.05, 0) is 51.0 Å². The van der Waals surface area contributed by atoms with Crippen LogP contribution in [0.1, 0.15) is 70.2 Å². The van der Waals surface area contributed by atoms with Gasteiger partial charge in [-0.1, -0.05) is 0 Å². The molecular weight excluding hydrogens is 398 g/mol. The molecule has 1 saturated carbocycles. The molecule has 0 N–H and O–H groups in total. The number of rotatable bonds is 8. The number of carbonyl (C=O) groups is 3. The number of fused-ring (bicyclic) bond motifs is 1. The molecule has 0 amide bonds. The first-order valence-corrected chi connectivity index (χ1v) is 10.7. The van der Waals surface area contributed by atoms with Crippen molar-refractivity contribution in [2.45, 2.75) is 52.0 Å².